The maximum atomic E-state index is 12.7. The highest BCUT2D eigenvalue weighted by molar-refractivity contribution is 7.21. The summed E-state index contributed by atoms with van der Waals surface area (Å²) >= 11 is 1.33. The molecule has 0 aromatic carbocycles. The molecule has 1 aliphatic rings. The van der Waals surface area contributed by atoms with Crippen LogP contribution in [0.15, 0.2) is 30.7 Å². The van der Waals surface area contributed by atoms with Crippen LogP contribution in [0.3, 0.4) is 0 Å². The molecule has 1 fully saturated rings. The molecule has 4 heterocycles. The van der Waals surface area contributed by atoms with Gasteiger partial charge >= 0.3 is 0 Å². The van der Waals surface area contributed by atoms with Crippen LogP contribution >= 0.6 is 11.3 Å². The Kier molecular flexibility index (Phi) is 3.86. The predicted molar refractivity (Wildman–Crippen MR) is 94.8 cm³/mol. The molecule has 3 aromatic heterocycles. The number of fused-ring (bicyclic) bond motifs is 1. The van der Waals surface area contributed by atoms with Gasteiger partial charge < -0.3 is 10.6 Å². The van der Waals surface area contributed by atoms with Crippen LogP contribution in [0.4, 0.5) is 5.69 Å². The molecule has 0 radical (unpaired) electrons. The molecule has 24 heavy (non-hydrogen) atoms. The zero-order valence-electron chi connectivity index (χ0n) is 13.1. The van der Waals surface area contributed by atoms with Crippen molar-refractivity contribution in [2.75, 3.05) is 18.8 Å². The third-order valence-electron chi connectivity index (χ3n) is 4.25. The molecule has 0 saturated carbocycles. The summed E-state index contributed by atoms with van der Waals surface area (Å²) in [6.07, 6.45) is 8.42. The fraction of sp³-hybridized carbons (Fsp3) is 0.294. The van der Waals surface area contributed by atoms with Crippen molar-refractivity contribution in [3.8, 4) is 11.3 Å². The van der Waals surface area contributed by atoms with Gasteiger partial charge in [0.1, 0.15) is 15.2 Å². The van der Waals surface area contributed by atoms with Crippen molar-refractivity contribution in [3.05, 3.63) is 35.6 Å². The first-order valence-corrected chi connectivity index (χ1v) is 8.80. The zero-order valence-corrected chi connectivity index (χ0v) is 13.9. The number of anilines is 1. The number of carbonyl (C=O) groups is 1. The van der Waals surface area contributed by atoms with E-state index in [0.29, 0.717) is 20.9 Å². The van der Waals surface area contributed by atoms with Crippen molar-refractivity contribution in [1.82, 2.24) is 19.9 Å². The second kappa shape index (κ2) is 6.16. The molecule has 3 aromatic rings. The third-order valence-corrected chi connectivity index (χ3v) is 5.33. The summed E-state index contributed by atoms with van der Waals surface area (Å²) < 4.78 is 0. The number of hydrogen-bond donors (Lipinski definition) is 1. The fourth-order valence-corrected chi connectivity index (χ4v) is 3.97. The summed E-state index contributed by atoms with van der Waals surface area (Å²) in [6.45, 7) is 1.60. The molecule has 2 N–H and O–H groups in total. The molecule has 0 unspecified atom stereocenters. The van der Waals surface area contributed by atoms with Gasteiger partial charge in [0.25, 0.3) is 5.91 Å². The Hall–Kier alpha value is -2.54. The van der Waals surface area contributed by atoms with Crippen molar-refractivity contribution in [3.63, 3.8) is 0 Å². The lowest BCUT2D eigenvalue weighted by Gasteiger charge is -2.26. The smallest absolute Gasteiger partial charge is 0.266 e. The first kappa shape index (κ1) is 15.0. The van der Waals surface area contributed by atoms with E-state index in [4.69, 9.17) is 5.73 Å². The molecule has 0 atom stereocenters. The van der Waals surface area contributed by atoms with E-state index in [1.54, 1.807) is 18.6 Å². The van der Waals surface area contributed by atoms with Crippen LogP contribution in [-0.2, 0) is 0 Å². The number of pyridine rings is 1. The average molecular weight is 339 g/mol. The molecule has 0 spiro atoms. The van der Waals surface area contributed by atoms with Crippen molar-refractivity contribution < 1.29 is 4.79 Å². The summed E-state index contributed by atoms with van der Waals surface area (Å²) in [6, 6.07) is 3.76. The van der Waals surface area contributed by atoms with Gasteiger partial charge in [0, 0.05) is 31.0 Å². The Balaban J connectivity index is 1.73. The normalized spacial score (nSPS) is 14.9. The Bertz CT molecular complexity index is 887. The van der Waals surface area contributed by atoms with E-state index in [1.807, 2.05) is 17.0 Å². The molecular formula is C17H17N5OS. The SMILES string of the molecule is Nc1c(C(=O)N2CCCCC2)sc2nc(-c3ccncc3)cnc12. The Morgan fingerprint density at radius 1 is 1.17 bits per heavy atom. The minimum atomic E-state index is 0.00228. The van der Waals surface area contributed by atoms with Gasteiger partial charge in [0.15, 0.2) is 0 Å². The Morgan fingerprint density at radius 3 is 2.67 bits per heavy atom. The largest absolute Gasteiger partial charge is 0.396 e. The molecule has 4 rings (SSSR count). The van der Waals surface area contributed by atoms with Crippen molar-refractivity contribution in [1.29, 1.82) is 0 Å². The Labute approximate surface area is 143 Å². The number of rotatable bonds is 2. The van der Waals surface area contributed by atoms with E-state index in [9.17, 15) is 4.79 Å². The maximum absolute atomic E-state index is 12.7. The first-order chi connectivity index (χ1) is 11.7. The number of hydrogen-bond acceptors (Lipinski definition) is 6. The molecular weight excluding hydrogens is 322 g/mol. The van der Waals surface area contributed by atoms with Gasteiger partial charge in [0.2, 0.25) is 0 Å². The van der Waals surface area contributed by atoms with E-state index in [1.165, 1.54) is 17.8 Å². The second-order valence-corrected chi connectivity index (χ2v) is 6.84. The van der Waals surface area contributed by atoms with Gasteiger partial charge in [-0.1, -0.05) is 0 Å². The van der Waals surface area contributed by atoms with Gasteiger partial charge in [-0.2, -0.15) is 0 Å². The van der Waals surface area contributed by atoms with Crippen LogP contribution in [-0.4, -0.2) is 38.8 Å². The minimum absolute atomic E-state index is 0.00228. The number of nitrogens with zero attached hydrogens (tertiary/aromatic N) is 4. The van der Waals surface area contributed by atoms with Crippen LogP contribution < -0.4 is 5.73 Å². The van der Waals surface area contributed by atoms with Crippen LogP contribution in [0.25, 0.3) is 21.6 Å². The number of piperidine rings is 1. The average Bonchev–Trinajstić information content (AvgIpc) is 2.99. The van der Waals surface area contributed by atoms with Crippen molar-refractivity contribution in [2.45, 2.75) is 19.3 Å². The summed E-state index contributed by atoms with van der Waals surface area (Å²) in [5.41, 5.74) is 8.93. The Morgan fingerprint density at radius 2 is 1.92 bits per heavy atom. The van der Waals surface area contributed by atoms with Gasteiger partial charge in [-0.05, 0) is 31.4 Å². The lowest BCUT2D eigenvalue weighted by atomic mass is 10.1. The first-order valence-electron chi connectivity index (χ1n) is 7.99. The number of likely N-dealkylation sites (tertiary alicyclic amines) is 1. The molecule has 6 nitrogen and oxygen atoms in total. The van der Waals surface area contributed by atoms with E-state index in [0.717, 1.165) is 37.2 Å². The maximum Gasteiger partial charge on any atom is 0.266 e. The topological polar surface area (TPSA) is 85.0 Å². The number of nitrogens with two attached hydrogens (primary N) is 1. The minimum Gasteiger partial charge on any atom is -0.396 e. The van der Waals surface area contributed by atoms with Crippen LogP contribution in [0.2, 0.25) is 0 Å². The zero-order chi connectivity index (χ0) is 16.5. The highest BCUT2D eigenvalue weighted by atomic mass is 32.1. The molecule has 1 aliphatic heterocycles. The van der Waals surface area contributed by atoms with Crippen LogP contribution in [0.1, 0.15) is 28.9 Å². The molecule has 122 valence electrons. The van der Waals surface area contributed by atoms with Crippen LogP contribution in [0.5, 0.6) is 0 Å². The van der Waals surface area contributed by atoms with Crippen LogP contribution in [0, 0.1) is 0 Å². The third kappa shape index (κ3) is 2.60. The van der Waals surface area contributed by atoms with Crippen molar-refractivity contribution >= 4 is 33.3 Å². The summed E-state index contributed by atoms with van der Waals surface area (Å²) in [4.78, 5) is 29.0. The highest BCUT2D eigenvalue weighted by Gasteiger charge is 2.24. The predicted octanol–water partition coefficient (Wildman–Crippen LogP) is 2.96. The summed E-state index contributed by atoms with van der Waals surface area (Å²) in [7, 11) is 0. The van der Waals surface area contributed by atoms with Gasteiger partial charge in [-0.3, -0.25) is 9.78 Å². The van der Waals surface area contributed by atoms with Gasteiger partial charge in [-0.15, -0.1) is 11.3 Å². The number of nitrogen functional groups attached to an aromatic ring is 1. The van der Waals surface area contributed by atoms with E-state index < -0.39 is 0 Å². The lowest BCUT2D eigenvalue weighted by Crippen LogP contribution is -2.35. The van der Waals surface area contributed by atoms with Crippen molar-refractivity contribution in [2.24, 2.45) is 0 Å². The summed E-state index contributed by atoms with van der Waals surface area (Å²) in [5.74, 6) is 0.00228. The summed E-state index contributed by atoms with van der Waals surface area (Å²) in [5, 5.41) is 0. The van der Waals surface area contributed by atoms with Gasteiger partial charge in [0.05, 0.1) is 17.6 Å². The molecule has 7 heteroatoms. The number of carbonyl (C=O) groups excluding carboxylic acids is 1. The van der Waals surface area contributed by atoms with Gasteiger partial charge in [-0.25, -0.2) is 9.97 Å². The fourth-order valence-electron chi connectivity index (χ4n) is 2.95. The number of amides is 1. The lowest BCUT2D eigenvalue weighted by molar-refractivity contribution is 0.0730. The van der Waals surface area contributed by atoms with E-state index in [-0.39, 0.29) is 5.91 Å². The van der Waals surface area contributed by atoms with E-state index >= 15 is 0 Å². The molecule has 1 amide bonds. The molecule has 0 bridgehead atoms. The quantitative estimate of drug-likeness (QED) is 0.776. The number of aromatic nitrogens is 3. The second-order valence-electron chi connectivity index (χ2n) is 5.84. The standard InChI is InChI=1S/C17H17N5OS/c18-13-14-16(21-12(10-20-14)11-4-6-19-7-5-11)24-15(13)17(23)22-8-2-1-3-9-22/h4-7,10H,1-3,8-9,18H2. The molecule has 0 aliphatic carbocycles. The monoisotopic (exact) mass is 339 g/mol. The molecule has 1 saturated heterocycles. The highest BCUT2D eigenvalue weighted by Crippen LogP contribution is 2.33. The van der Waals surface area contributed by atoms with E-state index in [2.05, 4.69) is 15.0 Å². The number of thiophene rings is 1.